The van der Waals surface area contributed by atoms with E-state index >= 15 is 0 Å². The maximum absolute atomic E-state index is 12.5. The topological polar surface area (TPSA) is 42.1 Å². The van der Waals surface area contributed by atoms with Crippen LogP contribution >= 0.6 is 11.6 Å². The predicted octanol–water partition coefficient (Wildman–Crippen LogP) is 3.13. The molecule has 2 aromatic rings. The van der Waals surface area contributed by atoms with Gasteiger partial charge in [-0.05, 0) is 12.1 Å². The fourth-order valence-corrected chi connectivity index (χ4v) is 1.81. The lowest BCUT2D eigenvalue weighted by Crippen LogP contribution is -2.07. The van der Waals surface area contributed by atoms with Crippen LogP contribution in [0, 0.1) is 0 Å². The molecule has 90 valence electrons. The Hall–Kier alpha value is -1.62. The number of alkyl halides is 2. The zero-order chi connectivity index (χ0) is 12.6. The molecule has 0 saturated carbocycles. The summed E-state index contributed by atoms with van der Waals surface area (Å²) in [5.74, 6) is 0.298. The molecule has 1 N–H and O–H groups in total. The van der Waals surface area contributed by atoms with Gasteiger partial charge in [-0.1, -0.05) is 11.6 Å². The van der Waals surface area contributed by atoms with Crippen LogP contribution < -0.4 is 10.2 Å². The van der Waals surface area contributed by atoms with Crippen LogP contribution in [0.15, 0.2) is 23.0 Å². The maximum Gasteiger partial charge on any atom is 0.278 e. The largest absolute Gasteiger partial charge is 0.496 e. The van der Waals surface area contributed by atoms with E-state index in [1.54, 1.807) is 0 Å². The van der Waals surface area contributed by atoms with Crippen molar-refractivity contribution < 1.29 is 13.5 Å². The summed E-state index contributed by atoms with van der Waals surface area (Å²) < 4.78 is 30.1. The number of hydrogen-bond acceptors (Lipinski definition) is 2. The first-order valence-electron chi connectivity index (χ1n) is 4.72. The Morgan fingerprint density at radius 1 is 1.41 bits per heavy atom. The fraction of sp³-hybridized carbons (Fsp3) is 0.182. The average molecular weight is 260 g/mol. The monoisotopic (exact) mass is 259 g/mol. The number of benzene rings is 1. The minimum atomic E-state index is -2.76. The summed E-state index contributed by atoms with van der Waals surface area (Å²) in [6.07, 6.45) is -2.76. The molecule has 1 heterocycles. The van der Waals surface area contributed by atoms with E-state index < -0.39 is 17.5 Å². The van der Waals surface area contributed by atoms with E-state index in [0.717, 1.165) is 6.07 Å². The number of hydrogen-bond donors (Lipinski definition) is 1. The summed E-state index contributed by atoms with van der Waals surface area (Å²) in [7, 11) is 1.39. The third-order valence-electron chi connectivity index (χ3n) is 2.37. The first kappa shape index (κ1) is 11.9. The van der Waals surface area contributed by atoms with E-state index in [9.17, 15) is 13.6 Å². The Balaban J connectivity index is 2.89. The molecule has 1 aromatic heterocycles. The second-order valence-corrected chi connectivity index (χ2v) is 3.80. The highest BCUT2D eigenvalue weighted by Gasteiger charge is 2.15. The summed E-state index contributed by atoms with van der Waals surface area (Å²) in [4.78, 5) is 14.2. The molecule has 0 unspecified atom stereocenters. The van der Waals surface area contributed by atoms with Crippen LogP contribution in [0.5, 0.6) is 5.75 Å². The number of methoxy groups -OCH3 is 1. The zero-order valence-corrected chi connectivity index (χ0v) is 9.52. The number of ether oxygens (including phenoxy) is 1. The Kier molecular flexibility index (Phi) is 3.02. The van der Waals surface area contributed by atoms with E-state index in [1.807, 2.05) is 0 Å². The summed E-state index contributed by atoms with van der Waals surface area (Å²) in [5.41, 5.74) is -0.847. The lowest BCUT2D eigenvalue weighted by Gasteiger charge is -2.08. The molecule has 0 spiro atoms. The van der Waals surface area contributed by atoms with Gasteiger partial charge in [-0.3, -0.25) is 4.79 Å². The number of fused-ring (bicyclic) bond motifs is 1. The van der Waals surface area contributed by atoms with Crippen LogP contribution in [0.3, 0.4) is 0 Å². The van der Waals surface area contributed by atoms with Crippen LogP contribution in [0.1, 0.15) is 12.1 Å². The number of nitrogens with one attached hydrogen (secondary N) is 1. The molecule has 0 amide bonds. The van der Waals surface area contributed by atoms with Crippen molar-refractivity contribution >= 4 is 22.5 Å². The lowest BCUT2D eigenvalue weighted by atomic mass is 10.1. The third kappa shape index (κ3) is 1.98. The van der Waals surface area contributed by atoms with Gasteiger partial charge in [0.1, 0.15) is 5.75 Å². The van der Waals surface area contributed by atoms with Gasteiger partial charge < -0.3 is 9.72 Å². The second-order valence-electron chi connectivity index (χ2n) is 3.39. The molecule has 3 nitrogen and oxygen atoms in total. The van der Waals surface area contributed by atoms with Crippen LogP contribution in [0.2, 0.25) is 5.02 Å². The van der Waals surface area contributed by atoms with E-state index in [0.29, 0.717) is 5.75 Å². The highest BCUT2D eigenvalue weighted by atomic mass is 35.5. The normalized spacial score (nSPS) is 11.1. The van der Waals surface area contributed by atoms with Crippen molar-refractivity contribution in [3.8, 4) is 5.75 Å². The Bertz CT molecular complexity index is 625. The molecule has 6 heteroatoms. The van der Waals surface area contributed by atoms with E-state index in [1.165, 1.54) is 19.2 Å². The van der Waals surface area contributed by atoms with Crippen molar-refractivity contribution in [1.29, 1.82) is 0 Å². The quantitative estimate of drug-likeness (QED) is 0.900. The number of rotatable bonds is 2. The van der Waals surface area contributed by atoms with Crippen molar-refractivity contribution in [1.82, 2.24) is 4.98 Å². The first-order chi connectivity index (χ1) is 8.04. The molecule has 17 heavy (non-hydrogen) atoms. The van der Waals surface area contributed by atoms with Crippen molar-refractivity contribution in [2.45, 2.75) is 6.43 Å². The van der Waals surface area contributed by atoms with Crippen molar-refractivity contribution in [3.05, 3.63) is 39.1 Å². The van der Waals surface area contributed by atoms with Crippen molar-refractivity contribution in [2.75, 3.05) is 7.11 Å². The standard InChI is InChI=1S/C11H8ClF2NO2/c1-17-8-3-2-5(12)10-9(8)7(16)4-6(15-10)11(13)14/h2-4,11H,1H3,(H,15,16). The van der Waals surface area contributed by atoms with Gasteiger partial charge in [0, 0.05) is 6.07 Å². The van der Waals surface area contributed by atoms with Crippen molar-refractivity contribution in [3.63, 3.8) is 0 Å². The lowest BCUT2D eigenvalue weighted by molar-refractivity contribution is 0.146. The van der Waals surface area contributed by atoms with Gasteiger partial charge in [-0.2, -0.15) is 0 Å². The molecular formula is C11H8ClF2NO2. The number of H-pyrrole nitrogens is 1. The highest BCUT2D eigenvalue weighted by molar-refractivity contribution is 6.35. The Labute approximate surface area is 100.0 Å². The molecule has 0 aliphatic heterocycles. The summed E-state index contributed by atoms with van der Waals surface area (Å²) in [5, 5.41) is 0.366. The molecule has 0 aliphatic rings. The van der Waals surface area contributed by atoms with Gasteiger partial charge in [-0.25, -0.2) is 8.78 Å². The van der Waals surface area contributed by atoms with Gasteiger partial charge in [0.15, 0.2) is 5.43 Å². The molecule has 0 bridgehead atoms. The Morgan fingerprint density at radius 3 is 2.71 bits per heavy atom. The number of aromatic nitrogens is 1. The molecule has 0 atom stereocenters. The van der Waals surface area contributed by atoms with E-state index in [2.05, 4.69) is 4.98 Å². The molecule has 0 aliphatic carbocycles. The second kappa shape index (κ2) is 4.33. The summed E-state index contributed by atoms with van der Waals surface area (Å²) in [6, 6.07) is 3.85. The fourth-order valence-electron chi connectivity index (χ4n) is 1.61. The summed E-state index contributed by atoms with van der Waals surface area (Å²) in [6.45, 7) is 0. The molecule has 2 rings (SSSR count). The highest BCUT2D eigenvalue weighted by Crippen LogP contribution is 2.29. The molecule has 0 saturated heterocycles. The molecule has 0 fully saturated rings. The minimum absolute atomic E-state index is 0.161. The van der Waals surface area contributed by atoms with Gasteiger partial charge in [0.25, 0.3) is 6.43 Å². The summed E-state index contributed by atoms with van der Waals surface area (Å²) >= 11 is 5.86. The SMILES string of the molecule is COc1ccc(Cl)c2[nH]c(C(F)F)cc(=O)c12. The van der Waals surface area contributed by atoms with Gasteiger partial charge in [-0.15, -0.1) is 0 Å². The zero-order valence-electron chi connectivity index (χ0n) is 8.76. The molecular weight excluding hydrogens is 252 g/mol. The van der Waals surface area contributed by atoms with E-state index in [4.69, 9.17) is 16.3 Å². The van der Waals surface area contributed by atoms with Crippen LogP contribution in [0.4, 0.5) is 8.78 Å². The van der Waals surface area contributed by atoms with Gasteiger partial charge in [0.2, 0.25) is 0 Å². The maximum atomic E-state index is 12.5. The minimum Gasteiger partial charge on any atom is -0.496 e. The smallest absolute Gasteiger partial charge is 0.278 e. The van der Waals surface area contributed by atoms with Crippen LogP contribution in [0.25, 0.3) is 10.9 Å². The number of aromatic amines is 1. The van der Waals surface area contributed by atoms with Crippen LogP contribution in [-0.4, -0.2) is 12.1 Å². The van der Waals surface area contributed by atoms with E-state index in [-0.39, 0.29) is 15.9 Å². The van der Waals surface area contributed by atoms with Gasteiger partial charge >= 0.3 is 0 Å². The third-order valence-corrected chi connectivity index (χ3v) is 2.69. The molecule has 0 radical (unpaired) electrons. The average Bonchev–Trinajstić information content (AvgIpc) is 2.30. The van der Waals surface area contributed by atoms with Crippen molar-refractivity contribution in [2.24, 2.45) is 0 Å². The first-order valence-corrected chi connectivity index (χ1v) is 5.10. The Morgan fingerprint density at radius 2 is 2.12 bits per heavy atom. The van der Waals surface area contributed by atoms with Crippen LogP contribution in [-0.2, 0) is 0 Å². The number of halogens is 3. The number of pyridine rings is 1. The molecule has 1 aromatic carbocycles. The predicted molar refractivity (Wildman–Crippen MR) is 61.1 cm³/mol. The van der Waals surface area contributed by atoms with Gasteiger partial charge in [0.05, 0.1) is 28.7 Å².